The molecule has 4 heteroatoms. The van der Waals surface area contributed by atoms with Gasteiger partial charge in [0.05, 0.1) is 12.1 Å². The third-order valence-corrected chi connectivity index (χ3v) is 2.84. The Morgan fingerprint density at radius 2 is 2.55 bits per heavy atom. The van der Waals surface area contributed by atoms with Crippen molar-refractivity contribution >= 4 is 27.8 Å². The molecule has 0 radical (unpaired) electrons. The molecule has 2 aromatic rings. The van der Waals surface area contributed by atoms with Crippen molar-refractivity contribution in [2.24, 2.45) is 0 Å². The van der Waals surface area contributed by atoms with Crippen molar-refractivity contribution in [3.05, 3.63) is 23.1 Å². The molecular weight excluding hydrogens is 180 g/mol. The van der Waals surface area contributed by atoms with E-state index < -0.39 is 0 Å². The van der Waals surface area contributed by atoms with Crippen LogP contribution in [0.2, 0.25) is 0 Å². The van der Waals surface area contributed by atoms with Crippen LogP contribution in [0, 0.1) is 6.92 Å². The van der Waals surface area contributed by atoms with Gasteiger partial charge < -0.3 is 0 Å². The minimum Gasteiger partial charge on any atom is -0.290 e. The van der Waals surface area contributed by atoms with Crippen molar-refractivity contribution in [1.82, 2.24) is 9.38 Å². The van der Waals surface area contributed by atoms with Crippen molar-refractivity contribution in [3.63, 3.8) is 0 Å². The van der Waals surface area contributed by atoms with Gasteiger partial charge in [-0.15, -0.1) is 22.9 Å². The van der Waals surface area contributed by atoms with Gasteiger partial charge >= 0.3 is 0 Å². The van der Waals surface area contributed by atoms with Gasteiger partial charge in [-0.2, -0.15) is 0 Å². The average Bonchev–Trinajstić information content (AvgIpc) is 2.54. The van der Waals surface area contributed by atoms with E-state index in [1.165, 1.54) is 0 Å². The zero-order valence-electron chi connectivity index (χ0n) is 6.04. The molecule has 2 aromatic heterocycles. The molecule has 0 fully saturated rings. The second kappa shape index (κ2) is 2.50. The molecule has 0 atom stereocenters. The fourth-order valence-corrected chi connectivity index (χ4v) is 2.33. The van der Waals surface area contributed by atoms with Crippen LogP contribution in [-0.4, -0.2) is 9.38 Å². The number of thiazole rings is 1. The molecule has 0 aromatic carbocycles. The third kappa shape index (κ3) is 0.957. The van der Waals surface area contributed by atoms with Gasteiger partial charge in [-0.3, -0.25) is 4.40 Å². The standard InChI is InChI=1S/C7H7ClN2S/c1-5-9-3-7-10(5)6(2-8)4-11-7/h3-4H,2H2,1H3. The first kappa shape index (κ1) is 7.13. The van der Waals surface area contributed by atoms with Gasteiger partial charge in [0.15, 0.2) is 0 Å². The van der Waals surface area contributed by atoms with Crippen molar-refractivity contribution < 1.29 is 0 Å². The Labute approximate surface area is 73.4 Å². The first-order valence-electron chi connectivity index (χ1n) is 3.29. The van der Waals surface area contributed by atoms with Crippen LogP contribution in [-0.2, 0) is 5.88 Å². The SMILES string of the molecule is Cc1ncc2scc(CCl)n12. The molecule has 0 aliphatic carbocycles. The number of nitrogens with zero attached hydrogens (tertiary/aromatic N) is 2. The lowest BCUT2D eigenvalue weighted by molar-refractivity contribution is 1.00. The zero-order valence-corrected chi connectivity index (χ0v) is 7.61. The molecule has 58 valence electrons. The monoisotopic (exact) mass is 186 g/mol. The Bertz CT molecular complexity index is 377. The van der Waals surface area contributed by atoms with E-state index in [9.17, 15) is 0 Å². The van der Waals surface area contributed by atoms with Gasteiger partial charge in [0.1, 0.15) is 10.7 Å². The van der Waals surface area contributed by atoms with E-state index in [0.29, 0.717) is 5.88 Å². The number of imidazole rings is 1. The molecule has 0 aliphatic heterocycles. The highest BCUT2D eigenvalue weighted by Crippen LogP contribution is 2.19. The minimum absolute atomic E-state index is 0.553. The highest BCUT2D eigenvalue weighted by molar-refractivity contribution is 7.15. The molecule has 0 spiro atoms. The van der Waals surface area contributed by atoms with Crippen molar-refractivity contribution in [1.29, 1.82) is 0 Å². The smallest absolute Gasteiger partial charge is 0.119 e. The Morgan fingerprint density at radius 1 is 1.73 bits per heavy atom. The lowest BCUT2D eigenvalue weighted by Gasteiger charge is -1.92. The van der Waals surface area contributed by atoms with Gasteiger partial charge in [-0.05, 0) is 6.92 Å². The van der Waals surface area contributed by atoms with Crippen LogP contribution in [0.4, 0.5) is 0 Å². The zero-order chi connectivity index (χ0) is 7.84. The first-order chi connectivity index (χ1) is 5.33. The number of fused-ring (bicyclic) bond motifs is 1. The van der Waals surface area contributed by atoms with E-state index in [1.54, 1.807) is 11.3 Å². The molecule has 0 aliphatic rings. The Kier molecular flexibility index (Phi) is 1.62. The Morgan fingerprint density at radius 3 is 3.27 bits per heavy atom. The quantitative estimate of drug-likeness (QED) is 0.626. The number of alkyl halides is 1. The van der Waals surface area contributed by atoms with Crippen LogP contribution in [0.15, 0.2) is 11.6 Å². The van der Waals surface area contributed by atoms with Crippen LogP contribution in [0.1, 0.15) is 11.5 Å². The Hall–Kier alpha value is -0.540. The van der Waals surface area contributed by atoms with E-state index in [-0.39, 0.29) is 0 Å². The summed E-state index contributed by atoms with van der Waals surface area (Å²) in [6, 6.07) is 0. The van der Waals surface area contributed by atoms with Crippen LogP contribution in [0.5, 0.6) is 0 Å². The molecule has 2 nitrogen and oxygen atoms in total. The van der Waals surface area contributed by atoms with E-state index in [1.807, 2.05) is 13.1 Å². The molecule has 0 saturated carbocycles. The normalized spacial score (nSPS) is 11.1. The molecule has 0 unspecified atom stereocenters. The highest BCUT2D eigenvalue weighted by Gasteiger charge is 2.04. The van der Waals surface area contributed by atoms with E-state index in [0.717, 1.165) is 16.3 Å². The second-order valence-electron chi connectivity index (χ2n) is 2.34. The second-order valence-corrected chi connectivity index (χ2v) is 3.50. The summed E-state index contributed by atoms with van der Waals surface area (Å²) in [4.78, 5) is 5.34. The molecule has 11 heavy (non-hydrogen) atoms. The molecule has 0 N–H and O–H groups in total. The van der Waals surface area contributed by atoms with Gasteiger partial charge in [-0.1, -0.05) is 0 Å². The number of rotatable bonds is 1. The predicted molar refractivity (Wildman–Crippen MR) is 47.4 cm³/mol. The van der Waals surface area contributed by atoms with Crippen LogP contribution in [0.25, 0.3) is 4.83 Å². The van der Waals surface area contributed by atoms with E-state index >= 15 is 0 Å². The van der Waals surface area contributed by atoms with Gasteiger partial charge in [0, 0.05) is 11.1 Å². The molecule has 0 saturated heterocycles. The maximum absolute atomic E-state index is 5.73. The summed E-state index contributed by atoms with van der Waals surface area (Å²) in [5.74, 6) is 1.56. The summed E-state index contributed by atoms with van der Waals surface area (Å²) < 4.78 is 2.08. The lowest BCUT2D eigenvalue weighted by atomic mass is 10.5. The number of aromatic nitrogens is 2. The number of aryl methyl sites for hydroxylation is 1. The third-order valence-electron chi connectivity index (χ3n) is 1.65. The highest BCUT2D eigenvalue weighted by atomic mass is 35.5. The molecule has 0 bridgehead atoms. The maximum Gasteiger partial charge on any atom is 0.119 e. The summed E-state index contributed by atoms with van der Waals surface area (Å²) in [6.45, 7) is 1.98. The van der Waals surface area contributed by atoms with Crippen molar-refractivity contribution in [3.8, 4) is 0 Å². The van der Waals surface area contributed by atoms with Gasteiger partial charge in [0.2, 0.25) is 0 Å². The number of hydrogen-bond donors (Lipinski definition) is 0. The lowest BCUT2D eigenvalue weighted by Crippen LogP contribution is -1.89. The summed E-state index contributed by atoms with van der Waals surface area (Å²) in [5, 5.41) is 2.07. The van der Waals surface area contributed by atoms with E-state index in [2.05, 4.69) is 14.8 Å². The van der Waals surface area contributed by atoms with Crippen LogP contribution in [0.3, 0.4) is 0 Å². The summed E-state index contributed by atoms with van der Waals surface area (Å²) in [7, 11) is 0. The average molecular weight is 187 g/mol. The van der Waals surface area contributed by atoms with Crippen LogP contribution >= 0.6 is 22.9 Å². The summed E-state index contributed by atoms with van der Waals surface area (Å²) in [5.41, 5.74) is 1.13. The fraction of sp³-hybridized carbons (Fsp3) is 0.286. The molecule has 2 rings (SSSR count). The summed E-state index contributed by atoms with van der Waals surface area (Å²) in [6.07, 6.45) is 1.87. The molecular formula is C7H7ClN2S. The van der Waals surface area contributed by atoms with Crippen LogP contribution < -0.4 is 0 Å². The van der Waals surface area contributed by atoms with Crippen molar-refractivity contribution in [2.75, 3.05) is 0 Å². The number of hydrogen-bond acceptors (Lipinski definition) is 2. The summed E-state index contributed by atoms with van der Waals surface area (Å²) >= 11 is 7.41. The predicted octanol–water partition coefficient (Wildman–Crippen LogP) is 2.44. The maximum atomic E-state index is 5.73. The molecule has 0 amide bonds. The number of halogens is 1. The fourth-order valence-electron chi connectivity index (χ4n) is 1.13. The Balaban J connectivity index is 2.80. The largest absolute Gasteiger partial charge is 0.290 e. The topological polar surface area (TPSA) is 17.3 Å². The van der Waals surface area contributed by atoms with E-state index in [4.69, 9.17) is 11.6 Å². The minimum atomic E-state index is 0.553. The molecule has 2 heterocycles. The van der Waals surface area contributed by atoms with Gasteiger partial charge in [-0.25, -0.2) is 4.98 Å². The first-order valence-corrected chi connectivity index (χ1v) is 4.70. The van der Waals surface area contributed by atoms with Crippen molar-refractivity contribution in [2.45, 2.75) is 12.8 Å². The van der Waals surface area contributed by atoms with Gasteiger partial charge in [0.25, 0.3) is 0 Å².